The van der Waals surface area contributed by atoms with Crippen molar-refractivity contribution in [3.05, 3.63) is 0 Å². The summed E-state index contributed by atoms with van der Waals surface area (Å²) in [5.74, 6) is 1.00. The van der Waals surface area contributed by atoms with Gasteiger partial charge in [-0.15, -0.1) is 0 Å². The number of hydrogen-bond acceptors (Lipinski definition) is 5. The highest BCUT2D eigenvalue weighted by Crippen LogP contribution is 2.13. The number of ether oxygens (including phenoxy) is 4. The largest absolute Gasteiger partial charge is 0.356 e. The fourth-order valence-corrected chi connectivity index (χ4v) is 2.04. The van der Waals surface area contributed by atoms with Crippen LogP contribution in [0.1, 0.15) is 33.6 Å². The van der Waals surface area contributed by atoms with Crippen LogP contribution in [0.15, 0.2) is 0 Å². The third kappa shape index (κ3) is 14.3. The van der Waals surface area contributed by atoms with Crippen LogP contribution >= 0.6 is 11.8 Å². The summed E-state index contributed by atoms with van der Waals surface area (Å²) in [6.07, 6.45) is 2.09. The molecule has 0 aliphatic carbocycles. The topological polar surface area (TPSA) is 36.9 Å². The number of hydrogen-bond donors (Lipinski definition) is 0. The first-order valence-corrected chi connectivity index (χ1v) is 7.78. The second-order valence-corrected chi connectivity index (χ2v) is 5.47. The van der Waals surface area contributed by atoms with Crippen molar-refractivity contribution in [2.75, 3.05) is 45.8 Å². The quantitative estimate of drug-likeness (QED) is 0.361. The fourth-order valence-electron chi connectivity index (χ4n) is 1.16. The zero-order valence-electron chi connectivity index (χ0n) is 12.0. The van der Waals surface area contributed by atoms with E-state index in [-0.39, 0.29) is 0 Å². The molecule has 0 aromatic rings. The van der Waals surface area contributed by atoms with Crippen molar-refractivity contribution in [3.63, 3.8) is 0 Å². The Morgan fingerprint density at radius 3 is 2.28 bits per heavy atom. The normalized spacial score (nSPS) is 12.8. The van der Waals surface area contributed by atoms with E-state index in [9.17, 15) is 0 Å². The van der Waals surface area contributed by atoms with Crippen LogP contribution in [-0.2, 0) is 18.9 Å². The molecule has 5 heteroatoms. The molecule has 0 amide bonds. The second-order valence-electron chi connectivity index (χ2n) is 3.92. The smallest absolute Gasteiger partial charge is 0.146 e. The van der Waals surface area contributed by atoms with Crippen molar-refractivity contribution in [2.24, 2.45) is 0 Å². The van der Waals surface area contributed by atoms with E-state index >= 15 is 0 Å². The van der Waals surface area contributed by atoms with Gasteiger partial charge in [-0.05, 0) is 19.8 Å². The molecule has 1 atom stereocenters. The van der Waals surface area contributed by atoms with Gasteiger partial charge in [0.15, 0.2) is 0 Å². The first kappa shape index (κ1) is 18.2. The van der Waals surface area contributed by atoms with Crippen LogP contribution in [0.5, 0.6) is 0 Å². The molecule has 0 N–H and O–H groups in total. The maximum atomic E-state index is 5.38. The van der Waals surface area contributed by atoms with E-state index in [2.05, 4.69) is 13.8 Å². The molecule has 18 heavy (non-hydrogen) atoms. The van der Waals surface area contributed by atoms with Gasteiger partial charge in [0.25, 0.3) is 0 Å². The Morgan fingerprint density at radius 1 is 0.889 bits per heavy atom. The highest BCUT2D eigenvalue weighted by molar-refractivity contribution is 7.99. The molecule has 0 aromatic carbocycles. The Hall–Kier alpha value is 0.190. The average Bonchev–Trinajstić information content (AvgIpc) is 2.38. The Morgan fingerprint density at radius 2 is 1.56 bits per heavy atom. The lowest BCUT2D eigenvalue weighted by Gasteiger charge is -2.11. The molecule has 0 rings (SSSR count). The zero-order valence-corrected chi connectivity index (χ0v) is 12.8. The summed E-state index contributed by atoms with van der Waals surface area (Å²) in [5.41, 5.74) is 0. The molecule has 4 nitrogen and oxygen atoms in total. The molecule has 110 valence electrons. The van der Waals surface area contributed by atoms with Gasteiger partial charge in [0.2, 0.25) is 0 Å². The van der Waals surface area contributed by atoms with Gasteiger partial charge in [-0.1, -0.05) is 13.8 Å². The third-order valence-corrected chi connectivity index (χ3v) is 3.39. The predicted octanol–water partition coefficient (Wildman–Crippen LogP) is 2.91. The van der Waals surface area contributed by atoms with Gasteiger partial charge in [-0.3, -0.25) is 0 Å². The summed E-state index contributed by atoms with van der Waals surface area (Å²) in [4.78, 5) is 0. The highest BCUT2D eigenvalue weighted by Gasteiger charge is 2.02. The molecule has 0 aromatic heterocycles. The van der Waals surface area contributed by atoms with E-state index in [1.165, 1.54) is 0 Å². The molecule has 0 radical (unpaired) electrons. The van der Waals surface area contributed by atoms with E-state index in [0.717, 1.165) is 38.4 Å². The van der Waals surface area contributed by atoms with Crippen LogP contribution in [0.3, 0.4) is 0 Å². The molecular weight excluding hydrogens is 252 g/mol. The van der Waals surface area contributed by atoms with Gasteiger partial charge in [-0.25, -0.2) is 0 Å². The zero-order chi connectivity index (χ0) is 13.5. The number of thioether (sulfide) groups is 1. The summed E-state index contributed by atoms with van der Waals surface area (Å²) in [5, 5.41) is 0.590. The molecule has 0 saturated heterocycles. The second kappa shape index (κ2) is 15.2. The Balaban J connectivity index is 3.10. The molecule has 1 unspecified atom stereocenters. The molecule has 0 heterocycles. The predicted molar refractivity (Wildman–Crippen MR) is 76.0 cm³/mol. The number of rotatable bonds is 14. The molecule has 0 bridgehead atoms. The SMILES string of the molecule is CCCOCOCCC(C)SCCOCOCC. The van der Waals surface area contributed by atoms with Crippen LogP contribution < -0.4 is 0 Å². The van der Waals surface area contributed by atoms with E-state index in [1.54, 1.807) is 0 Å². The van der Waals surface area contributed by atoms with Crippen LogP contribution in [0.2, 0.25) is 0 Å². The summed E-state index contributed by atoms with van der Waals surface area (Å²) >= 11 is 1.90. The lowest BCUT2D eigenvalue weighted by Crippen LogP contribution is -2.09. The van der Waals surface area contributed by atoms with Crippen molar-refractivity contribution < 1.29 is 18.9 Å². The lowest BCUT2D eigenvalue weighted by molar-refractivity contribution is -0.0538. The minimum Gasteiger partial charge on any atom is -0.356 e. The molecule has 0 spiro atoms. The Kier molecular flexibility index (Phi) is 15.4. The first-order valence-electron chi connectivity index (χ1n) is 6.73. The standard InChI is InChI=1S/C13H28O4S/c1-4-7-15-12-16-8-6-13(3)18-10-9-17-11-14-5-2/h13H,4-12H2,1-3H3. The highest BCUT2D eigenvalue weighted by atomic mass is 32.2. The van der Waals surface area contributed by atoms with E-state index in [1.807, 2.05) is 18.7 Å². The van der Waals surface area contributed by atoms with Crippen LogP contribution in [0, 0.1) is 0 Å². The molecule has 0 aliphatic rings. The van der Waals surface area contributed by atoms with E-state index in [0.29, 0.717) is 25.4 Å². The van der Waals surface area contributed by atoms with Gasteiger partial charge < -0.3 is 18.9 Å². The summed E-state index contributed by atoms with van der Waals surface area (Å²) in [6.45, 7) is 10.1. The van der Waals surface area contributed by atoms with Gasteiger partial charge >= 0.3 is 0 Å². The Bertz CT molecular complexity index is 142. The van der Waals surface area contributed by atoms with Crippen molar-refractivity contribution in [1.82, 2.24) is 0 Å². The van der Waals surface area contributed by atoms with Gasteiger partial charge in [0.05, 0.1) is 13.2 Å². The van der Waals surface area contributed by atoms with Crippen molar-refractivity contribution >= 4 is 11.8 Å². The van der Waals surface area contributed by atoms with Gasteiger partial charge in [-0.2, -0.15) is 11.8 Å². The average molecular weight is 280 g/mol. The summed E-state index contributed by atoms with van der Waals surface area (Å²) < 4.78 is 21.0. The minimum absolute atomic E-state index is 0.406. The monoisotopic (exact) mass is 280 g/mol. The minimum atomic E-state index is 0.406. The van der Waals surface area contributed by atoms with Gasteiger partial charge in [0, 0.05) is 24.2 Å². The van der Waals surface area contributed by atoms with Gasteiger partial charge in [0.1, 0.15) is 13.6 Å². The summed E-state index contributed by atoms with van der Waals surface area (Å²) in [6, 6.07) is 0. The van der Waals surface area contributed by atoms with E-state index < -0.39 is 0 Å². The maximum absolute atomic E-state index is 5.38. The van der Waals surface area contributed by atoms with Crippen molar-refractivity contribution in [1.29, 1.82) is 0 Å². The third-order valence-electron chi connectivity index (χ3n) is 2.18. The van der Waals surface area contributed by atoms with Crippen LogP contribution in [0.4, 0.5) is 0 Å². The fraction of sp³-hybridized carbons (Fsp3) is 1.00. The molecule has 0 fully saturated rings. The van der Waals surface area contributed by atoms with Crippen LogP contribution in [-0.4, -0.2) is 51.0 Å². The van der Waals surface area contributed by atoms with Crippen LogP contribution in [0.25, 0.3) is 0 Å². The Labute approximate surface area is 116 Å². The van der Waals surface area contributed by atoms with Crippen molar-refractivity contribution in [2.45, 2.75) is 38.9 Å². The molecule has 0 aliphatic heterocycles. The molecule has 0 saturated carbocycles. The lowest BCUT2D eigenvalue weighted by atomic mass is 10.3. The maximum Gasteiger partial charge on any atom is 0.146 e. The van der Waals surface area contributed by atoms with Crippen molar-refractivity contribution in [3.8, 4) is 0 Å². The van der Waals surface area contributed by atoms with E-state index in [4.69, 9.17) is 18.9 Å². The first-order chi connectivity index (χ1) is 8.81. The molecular formula is C13H28O4S. The summed E-state index contributed by atoms with van der Waals surface area (Å²) in [7, 11) is 0.